The Morgan fingerprint density at radius 2 is 1.52 bits per heavy atom. The van der Waals surface area contributed by atoms with Gasteiger partial charge in [0.05, 0.1) is 18.4 Å². The van der Waals surface area contributed by atoms with E-state index in [1.165, 1.54) is 14.6 Å². The molecule has 0 bridgehead atoms. The average molecular weight is 333 g/mol. The van der Waals surface area contributed by atoms with Gasteiger partial charge in [0.2, 0.25) is 0 Å². The van der Waals surface area contributed by atoms with Crippen LogP contribution in [0.25, 0.3) is 5.69 Å². The Kier molecular flexibility index (Phi) is 3.74. The van der Waals surface area contributed by atoms with E-state index in [1.54, 1.807) is 18.3 Å². The van der Waals surface area contributed by atoms with Gasteiger partial charge in [-0.05, 0) is 24.3 Å². The molecule has 1 saturated heterocycles. The van der Waals surface area contributed by atoms with Crippen molar-refractivity contribution in [3.05, 3.63) is 72.6 Å². The summed E-state index contributed by atoms with van der Waals surface area (Å²) < 4.78 is 0. The second-order valence-corrected chi connectivity index (χ2v) is 5.65. The zero-order chi connectivity index (χ0) is 17.2. The minimum absolute atomic E-state index is 0.0374. The molecule has 0 aliphatic carbocycles. The first-order valence-electron chi connectivity index (χ1n) is 7.86. The van der Waals surface area contributed by atoms with Crippen molar-refractivity contribution in [1.82, 2.24) is 19.9 Å². The number of hydrogen-bond acceptors (Lipinski definition) is 4. The van der Waals surface area contributed by atoms with E-state index in [0.29, 0.717) is 11.4 Å². The van der Waals surface area contributed by atoms with Crippen molar-refractivity contribution in [2.75, 3.05) is 11.4 Å². The highest BCUT2D eigenvalue weighted by Crippen LogP contribution is 2.21. The summed E-state index contributed by atoms with van der Waals surface area (Å²) in [6, 6.07) is 18.3. The van der Waals surface area contributed by atoms with Crippen molar-refractivity contribution in [2.45, 2.75) is 6.54 Å². The lowest BCUT2D eigenvalue weighted by Gasteiger charge is -2.16. The predicted molar refractivity (Wildman–Crippen MR) is 91.1 cm³/mol. The lowest BCUT2D eigenvalue weighted by atomic mass is 10.3. The van der Waals surface area contributed by atoms with Crippen molar-refractivity contribution in [2.24, 2.45) is 0 Å². The maximum absolute atomic E-state index is 12.6. The van der Waals surface area contributed by atoms with Crippen molar-refractivity contribution >= 4 is 17.6 Å². The van der Waals surface area contributed by atoms with Crippen LogP contribution in [0, 0.1) is 0 Å². The molecule has 1 aliphatic heterocycles. The summed E-state index contributed by atoms with van der Waals surface area (Å²) in [5, 5.41) is 8.55. The van der Waals surface area contributed by atoms with Crippen molar-refractivity contribution < 1.29 is 9.59 Å². The third kappa shape index (κ3) is 2.87. The molecule has 1 aromatic heterocycles. The van der Waals surface area contributed by atoms with Crippen LogP contribution in [0.2, 0.25) is 0 Å². The maximum Gasteiger partial charge on any atom is 0.332 e. The molecule has 0 atom stereocenters. The molecule has 2 aromatic carbocycles. The molecular formula is C18H15N5O2. The first-order chi connectivity index (χ1) is 12.2. The van der Waals surface area contributed by atoms with Crippen LogP contribution in [-0.2, 0) is 11.3 Å². The Bertz CT molecular complexity index is 907. The summed E-state index contributed by atoms with van der Waals surface area (Å²) in [7, 11) is 0. The van der Waals surface area contributed by atoms with E-state index in [1.807, 2.05) is 48.5 Å². The number of benzene rings is 2. The Morgan fingerprint density at radius 3 is 2.20 bits per heavy atom. The quantitative estimate of drug-likeness (QED) is 0.687. The van der Waals surface area contributed by atoms with E-state index >= 15 is 0 Å². The summed E-state index contributed by atoms with van der Waals surface area (Å²) in [6.45, 7) is 0.142. The number of urea groups is 1. The molecule has 1 fully saturated rings. The highest BCUT2D eigenvalue weighted by Gasteiger charge is 2.37. The van der Waals surface area contributed by atoms with Gasteiger partial charge in [0.15, 0.2) is 0 Å². The molecule has 7 nitrogen and oxygen atoms in total. The van der Waals surface area contributed by atoms with Gasteiger partial charge in [-0.15, -0.1) is 0 Å². The molecule has 0 spiro atoms. The van der Waals surface area contributed by atoms with Gasteiger partial charge < -0.3 is 0 Å². The van der Waals surface area contributed by atoms with Crippen LogP contribution >= 0.6 is 0 Å². The minimum Gasteiger partial charge on any atom is -0.285 e. The number of carbonyl (C=O) groups excluding carboxylic acids is 2. The third-order valence-corrected chi connectivity index (χ3v) is 3.97. The van der Waals surface area contributed by atoms with E-state index in [-0.39, 0.29) is 25.0 Å². The first-order valence-corrected chi connectivity index (χ1v) is 7.86. The Hall–Kier alpha value is -3.48. The molecule has 25 heavy (non-hydrogen) atoms. The van der Waals surface area contributed by atoms with E-state index in [2.05, 4.69) is 10.2 Å². The fourth-order valence-electron chi connectivity index (χ4n) is 2.72. The lowest BCUT2D eigenvalue weighted by Crippen LogP contribution is -2.32. The number of aromatic nitrogens is 3. The maximum atomic E-state index is 12.6. The number of nitrogens with zero attached hydrogens (tertiary/aromatic N) is 5. The van der Waals surface area contributed by atoms with Crippen LogP contribution < -0.4 is 4.90 Å². The highest BCUT2D eigenvalue weighted by molar-refractivity contribution is 6.12. The molecule has 1 aliphatic rings. The molecule has 0 N–H and O–H groups in total. The monoisotopic (exact) mass is 333 g/mol. The smallest absolute Gasteiger partial charge is 0.285 e. The van der Waals surface area contributed by atoms with E-state index in [9.17, 15) is 9.59 Å². The van der Waals surface area contributed by atoms with Gasteiger partial charge in [-0.1, -0.05) is 36.4 Å². The minimum atomic E-state index is -0.342. The van der Waals surface area contributed by atoms with Gasteiger partial charge >= 0.3 is 6.03 Å². The number of anilines is 1. The zero-order valence-corrected chi connectivity index (χ0v) is 13.3. The molecule has 2 heterocycles. The topological polar surface area (TPSA) is 71.3 Å². The summed E-state index contributed by atoms with van der Waals surface area (Å²) in [6.07, 6.45) is 1.57. The van der Waals surface area contributed by atoms with Gasteiger partial charge in [-0.2, -0.15) is 15.0 Å². The molecule has 0 unspecified atom stereocenters. The SMILES string of the molecule is O=C1CN(c2ccccc2)C(=O)N1Cc1cnn(-c2ccccc2)n1. The Labute approximate surface area is 144 Å². The fourth-order valence-corrected chi connectivity index (χ4v) is 2.72. The molecule has 0 saturated carbocycles. The number of para-hydroxylation sites is 2. The van der Waals surface area contributed by atoms with Crippen LogP contribution in [0.1, 0.15) is 5.69 Å². The largest absolute Gasteiger partial charge is 0.332 e. The standard InChI is InChI=1S/C18H15N5O2/c24-17-13-21(15-7-3-1-4-8-15)18(25)22(17)12-14-11-19-23(20-14)16-9-5-2-6-10-16/h1-11H,12-13H2. The number of imide groups is 1. The Balaban J connectivity index is 1.52. The van der Waals surface area contributed by atoms with Gasteiger partial charge in [0.1, 0.15) is 12.2 Å². The molecular weight excluding hydrogens is 318 g/mol. The molecule has 124 valence electrons. The zero-order valence-electron chi connectivity index (χ0n) is 13.3. The average Bonchev–Trinajstić information content (AvgIpc) is 3.23. The van der Waals surface area contributed by atoms with Crippen molar-refractivity contribution in [3.63, 3.8) is 0 Å². The summed E-state index contributed by atoms with van der Waals surface area (Å²) in [5.41, 5.74) is 2.08. The summed E-state index contributed by atoms with van der Waals surface area (Å²) in [4.78, 5) is 29.0. The van der Waals surface area contributed by atoms with Crippen LogP contribution in [0.5, 0.6) is 0 Å². The predicted octanol–water partition coefficient (Wildman–Crippen LogP) is 2.24. The van der Waals surface area contributed by atoms with Crippen LogP contribution in [0.15, 0.2) is 66.9 Å². The van der Waals surface area contributed by atoms with Crippen molar-refractivity contribution in [3.8, 4) is 5.69 Å². The van der Waals surface area contributed by atoms with Gasteiger partial charge in [0.25, 0.3) is 5.91 Å². The van der Waals surface area contributed by atoms with Gasteiger partial charge in [0, 0.05) is 5.69 Å². The van der Waals surface area contributed by atoms with Crippen molar-refractivity contribution in [1.29, 1.82) is 0 Å². The summed E-state index contributed by atoms with van der Waals surface area (Å²) >= 11 is 0. The first kappa shape index (κ1) is 15.1. The van der Waals surface area contributed by atoms with Crippen LogP contribution in [-0.4, -0.2) is 38.4 Å². The van der Waals surface area contributed by atoms with E-state index in [4.69, 9.17) is 0 Å². The summed E-state index contributed by atoms with van der Waals surface area (Å²) in [5.74, 6) is -0.247. The number of amides is 3. The van der Waals surface area contributed by atoms with Crippen LogP contribution in [0.4, 0.5) is 10.5 Å². The van der Waals surface area contributed by atoms with Crippen LogP contribution in [0.3, 0.4) is 0 Å². The number of carbonyl (C=O) groups is 2. The second kappa shape index (κ2) is 6.20. The number of hydrogen-bond donors (Lipinski definition) is 0. The van der Waals surface area contributed by atoms with E-state index in [0.717, 1.165) is 5.69 Å². The number of rotatable bonds is 4. The molecule has 3 amide bonds. The second-order valence-electron chi connectivity index (χ2n) is 5.65. The lowest BCUT2D eigenvalue weighted by molar-refractivity contribution is -0.125. The normalized spacial score (nSPS) is 14.4. The molecule has 3 aromatic rings. The van der Waals surface area contributed by atoms with E-state index < -0.39 is 0 Å². The van der Waals surface area contributed by atoms with Gasteiger partial charge in [-0.25, -0.2) is 4.79 Å². The molecule has 7 heteroatoms. The van der Waals surface area contributed by atoms with Gasteiger partial charge in [-0.3, -0.25) is 14.6 Å². The fraction of sp³-hybridized carbons (Fsp3) is 0.111. The highest BCUT2D eigenvalue weighted by atomic mass is 16.2. The Morgan fingerprint density at radius 1 is 0.880 bits per heavy atom. The molecule has 4 rings (SSSR count). The third-order valence-electron chi connectivity index (χ3n) is 3.97. The molecule has 0 radical (unpaired) electrons.